The first-order valence-corrected chi connectivity index (χ1v) is 7.68. The average Bonchev–Trinajstić information content (AvgIpc) is 2.45. The van der Waals surface area contributed by atoms with E-state index in [4.69, 9.17) is 0 Å². The highest BCUT2D eigenvalue weighted by atomic mass is 16.1. The van der Waals surface area contributed by atoms with E-state index in [2.05, 4.69) is 31.1 Å². The number of para-hydroxylation sites is 1. The minimum atomic E-state index is 0.0735. The molecule has 0 aliphatic carbocycles. The van der Waals surface area contributed by atoms with Gasteiger partial charge in [0.25, 0.3) is 0 Å². The molecule has 1 N–H and O–H groups in total. The average molecular weight is 284 g/mol. The number of carbonyl (C=O) groups is 1. The van der Waals surface area contributed by atoms with Crippen molar-refractivity contribution in [3.8, 4) is 0 Å². The third-order valence-corrected chi connectivity index (χ3v) is 3.65. The topological polar surface area (TPSA) is 42.0 Å². The minimum absolute atomic E-state index is 0.0735. The molecular formula is C18H24N2O. The van der Waals surface area contributed by atoms with Crippen molar-refractivity contribution in [3.63, 3.8) is 0 Å². The monoisotopic (exact) mass is 284 g/mol. The first kappa shape index (κ1) is 15.5. The first-order valence-electron chi connectivity index (χ1n) is 7.68. The van der Waals surface area contributed by atoms with Crippen LogP contribution in [0.25, 0.3) is 10.9 Å². The van der Waals surface area contributed by atoms with Gasteiger partial charge in [-0.25, -0.2) is 0 Å². The van der Waals surface area contributed by atoms with Gasteiger partial charge in [-0.1, -0.05) is 38.1 Å². The molecule has 1 aromatic carbocycles. The predicted molar refractivity (Wildman–Crippen MR) is 87.1 cm³/mol. The molecule has 21 heavy (non-hydrogen) atoms. The van der Waals surface area contributed by atoms with Crippen LogP contribution >= 0.6 is 0 Å². The molecule has 1 aromatic heterocycles. The third kappa shape index (κ3) is 4.55. The molecule has 3 nitrogen and oxygen atoms in total. The number of nitrogens with zero attached hydrogens (tertiary/aromatic N) is 1. The zero-order valence-corrected chi connectivity index (χ0v) is 13.1. The van der Waals surface area contributed by atoms with Gasteiger partial charge in [-0.2, -0.15) is 0 Å². The fourth-order valence-electron chi connectivity index (χ4n) is 2.46. The molecule has 0 radical (unpaired) electrons. The number of fused-ring (bicyclic) bond motifs is 1. The van der Waals surface area contributed by atoms with Crippen molar-refractivity contribution in [3.05, 3.63) is 42.1 Å². The molecule has 0 aliphatic heterocycles. The van der Waals surface area contributed by atoms with Gasteiger partial charge in [-0.3, -0.25) is 9.78 Å². The van der Waals surface area contributed by atoms with Crippen LogP contribution in [0.15, 0.2) is 36.5 Å². The Morgan fingerprint density at radius 1 is 1.14 bits per heavy atom. The number of amides is 1. The molecule has 3 heteroatoms. The normalized spacial score (nSPS) is 12.6. The Morgan fingerprint density at radius 3 is 2.67 bits per heavy atom. The van der Waals surface area contributed by atoms with E-state index in [9.17, 15) is 4.79 Å². The highest BCUT2D eigenvalue weighted by molar-refractivity contribution is 5.87. The Morgan fingerprint density at radius 2 is 1.90 bits per heavy atom. The van der Waals surface area contributed by atoms with Crippen molar-refractivity contribution < 1.29 is 4.79 Å². The summed E-state index contributed by atoms with van der Waals surface area (Å²) in [6.07, 6.45) is 4.32. The summed E-state index contributed by atoms with van der Waals surface area (Å²) in [5.41, 5.74) is 1.91. The molecular weight excluding hydrogens is 260 g/mol. The maximum Gasteiger partial charge on any atom is 0.224 e. The van der Waals surface area contributed by atoms with Crippen LogP contribution in [0.4, 0.5) is 0 Å². The number of hydrogen-bond acceptors (Lipinski definition) is 2. The zero-order chi connectivity index (χ0) is 15.2. The third-order valence-electron chi connectivity index (χ3n) is 3.65. The Bertz CT molecular complexity index is 602. The molecule has 0 fully saturated rings. The van der Waals surface area contributed by atoms with Gasteiger partial charge in [0.1, 0.15) is 0 Å². The van der Waals surface area contributed by atoms with E-state index in [0.717, 1.165) is 29.3 Å². The summed E-state index contributed by atoms with van der Waals surface area (Å²) in [5.74, 6) is 0.746. The fraction of sp³-hybridized carbons (Fsp3) is 0.444. The van der Waals surface area contributed by atoms with Gasteiger partial charge in [0, 0.05) is 17.6 Å². The van der Waals surface area contributed by atoms with Gasteiger partial charge in [-0.05, 0) is 37.3 Å². The van der Waals surface area contributed by atoms with Crippen LogP contribution in [0.1, 0.15) is 39.2 Å². The van der Waals surface area contributed by atoms with Crippen molar-refractivity contribution in [1.82, 2.24) is 10.3 Å². The summed E-state index contributed by atoms with van der Waals surface area (Å²) in [5, 5.41) is 4.16. The van der Waals surface area contributed by atoms with Gasteiger partial charge in [0.2, 0.25) is 5.91 Å². The summed E-state index contributed by atoms with van der Waals surface area (Å²) in [6, 6.07) is 10.1. The van der Waals surface area contributed by atoms with Crippen molar-refractivity contribution in [1.29, 1.82) is 0 Å². The van der Waals surface area contributed by atoms with Crippen LogP contribution in [-0.2, 0) is 11.2 Å². The molecule has 2 aromatic rings. The first-order chi connectivity index (χ1) is 10.1. The highest BCUT2D eigenvalue weighted by Crippen LogP contribution is 2.16. The van der Waals surface area contributed by atoms with Crippen LogP contribution in [0.3, 0.4) is 0 Å². The Kier molecular flexibility index (Phi) is 5.32. The molecule has 0 saturated carbocycles. The largest absolute Gasteiger partial charge is 0.353 e. The number of pyridine rings is 1. The van der Waals surface area contributed by atoms with E-state index < -0.39 is 0 Å². The fourth-order valence-corrected chi connectivity index (χ4v) is 2.46. The summed E-state index contributed by atoms with van der Waals surface area (Å²) < 4.78 is 0. The number of hydrogen-bond donors (Lipinski definition) is 1. The van der Waals surface area contributed by atoms with Crippen LogP contribution in [0.2, 0.25) is 0 Å². The number of aromatic nitrogens is 1. The summed E-state index contributed by atoms with van der Waals surface area (Å²) in [7, 11) is 0. The van der Waals surface area contributed by atoms with Gasteiger partial charge < -0.3 is 5.32 Å². The van der Waals surface area contributed by atoms with Gasteiger partial charge >= 0.3 is 0 Å². The number of nitrogens with one attached hydrogen (secondary N) is 1. The van der Waals surface area contributed by atoms with Crippen LogP contribution in [0.5, 0.6) is 0 Å². The van der Waals surface area contributed by atoms with Gasteiger partial charge in [0.05, 0.1) is 11.9 Å². The number of carbonyl (C=O) groups excluding carboxylic acids is 1. The van der Waals surface area contributed by atoms with Crippen molar-refractivity contribution in [2.45, 2.75) is 46.1 Å². The van der Waals surface area contributed by atoms with E-state index >= 15 is 0 Å². The standard InChI is InChI=1S/C18H24N2O/c1-13(2)9-10-14(3)20-17(21)12-16-7-4-6-15-8-5-11-19-18(15)16/h4-8,11,13-14H,9-10,12H2,1-3H3,(H,20,21). The number of benzene rings is 1. The zero-order valence-electron chi connectivity index (χ0n) is 13.1. The second-order valence-corrected chi connectivity index (χ2v) is 6.11. The second kappa shape index (κ2) is 7.21. The summed E-state index contributed by atoms with van der Waals surface area (Å²) in [4.78, 5) is 16.6. The molecule has 0 spiro atoms. The molecule has 0 bridgehead atoms. The van der Waals surface area contributed by atoms with Crippen LogP contribution in [0, 0.1) is 5.92 Å². The van der Waals surface area contributed by atoms with Gasteiger partial charge in [0.15, 0.2) is 0 Å². The molecule has 0 saturated heterocycles. The Balaban J connectivity index is 1.98. The quantitative estimate of drug-likeness (QED) is 0.878. The minimum Gasteiger partial charge on any atom is -0.353 e. The van der Waals surface area contributed by atoms with E-state index in [1.807, 2.05) is 30.3 Å². The lowest BCUT2D eigenvalue weighted by Crippen LogP contribution is -2.33. The second-order valence-electron chi connectivity index (χ2n) is 6.11. The molecule has 1 amide bonds. The summed E-state index contributed by atoms with van der Waals surface area (Å²) in [6.45, 7) is 6.48. The number of rotatable bonds is 6. The van der Waals surface area contributed by atoms with Gasteiger partial charge in [-0.15, -0.1) is 0 Å². The van der Waals surface area contributed by atoms with Crippen molar-refractivity contribution in [2.24, 2.45) is 5.92 Å². The van der Waals surface area contributed by atoms with E-state index in [0.29, 0.717) is 12.3 Å². The van der Waals surface area contributed by atoms with Crippen molar-refractivity contribution >= 4 is 16.8 Å². The summed E-state index contributed by atoms with van der Waals surface area (Å²) >= 11 is 0. The maximum atomic E-state index is 12.2. The molecule has 112 valence electrons. The highest BCUT2D eigenvalue weighted by Gasteiger charge is 2.11. The van der Waals surface area contributed by atoms with Crippen LogP contribution in [-0.4, -0.2) is 16.9 Å². The van der Waals surface area contributed by atoms with E-state index in [1.165, 1.54) is 0 Å². The molecule has 2 rings (SSSR count). The van der Waals surface area contributed by atoms with E-state index in [-0.39, 0.29) is 11.9 Å². The SMILES string of the molecule is CC(C)CCC(C)NC(=O)Cc1cccc2cccnc12. The smallest absolute Gasteiger partial charge is 0.224 e. The predicted octanol–water partition coefficient (Wildman–Crippen LogP) is 3.72. The lowest BCUT2D eigenvalue weighted by molar-refractivity contribution is -0.121. The Hall–Kier alpha value is -1.90. The van der Waals surface area contributed by atoms with E-state index in [1.54, 1.807) is 6.20 Å². The Labute approximate surface area is 126 Å². The molecule has 1 atom stereocenters. The lowest BCUT2D eigenvalue weighted by atomic mass is 10.0. The molecule has 1 heterocycles. The molecule has 0 aliphatic rings. The van der Waals surface area contributed by atoms with Crippen molar-refractivity contribution in [2.75, 3.05) is 0 Å². The lowest BCUT2D eigenvalue weighted by Gasteiger charge is -2.15. The van der Waals surface area contributed by atoms with Crippen LogP contribution < -0.4 is 5.32 Å². The maximum absolute atomic E-state index is 12.2. The molecule has 1 unspecified atom stereocenters.